The minimum absolute atomic E-state index is 0.216. The van der Waals surface area contributed by atoms with E-state index in [9.17, 15) is 12.8 Å². The number of nitrogens with zero attached hydrogens (tertiary/aromatic N) is 4. The van der Waals surface area contributed by atoms with E-state index in [1.54, 1.807) is 22.9 Å². The normalized spacial score (nSPS) is 18.1. The van der Waals surface area contributed by atoms with E-state index < -0.39 is 22.1 Å². The number of aryl methyl sites for hydroxylation is 1. The van der Waals surface area contributed by atoms with Crippen molar-refractivity contribution in [2.24, 2.45) is 7.05 Å². The quantitative estimate of drug-likeness (QED) is 0.597. The van der Waals surface area contributed by atoms with Crippen molar-refractivity contribution in [3.63, 3.8) is 0 Å². The van der Waals surface area contributed by atoms with E-state index >= 15 is 0 Å². The van der Waals surface area contributed by atoms with Crippen LogP contribution >= 0.6 is 0 Å². The Labute approximate surface area is 177 Å². The molecule has 1 aromatic heterocycles. The Balaban J connectivity index is 1.64. The maximum absolute atomic E-state index is 13.7. The predicted octanol–water partition coefficient (Wildman–Crippen LogP) is 2.14. The molecule has 0 bridgehead atoms. The van der Waals surface area contributed by atoms with Crippen LogP contribution < -0.4 is 4.74 Å². The van der Waals surface area contributed by atoms with Crippen molar-refractivity contribution in [1.82, 2.24) is 18.4 Å². The second kappa shape index (κ2) is 9.86. The van der Waals surface area contributed by atoms with E-state index in [2.05, 4.69) is 5.10 Å². The van der Waals surface area contributed by atoms with Gasteiger partial charge in [0, 0.05) is 45.3 Å². The molecule has 0 N–H and O–H groups in total. The summed E-state index contributed by atoms with van der Waals surface area (Å²) < 4.78 is 55.3. The third-order valence-corrected chi connectivity index (χ3v) is 7.32. The number of aromatic nitrogens is 2. The Hall–Kier alpha value is -2.01. The summed E-state index contributed by atoms with van der Waals surface area (Å²) in [6.45, 7) is 5.67. The van der Waals surface area contributed by atoms with Gasteiger partial charge in [0.05, 0.1) is 18.9 Å². The van der Waals surface area contributed by atoms with Gasteiger partial charge in [-0.05, 0) is 18.2 Å². The van der Waals surface area contributed by atoms with Gasteiger partial charge in [-0.2, -0.15) is 22.1 Å². The van der Waals surface area contributed by atoms with E-state index in [1.807, 2.05) is 27.0 Å². The summed E-state index contributed by atoms with van der Waals surface area (Å²) in [5.74, 6) is -0.180. The molecule has 3 rings (SSSR count). The minimum atomic E-state index is -3.52. The molecule has 1 saturated heterocycles. The van der Waals surface area contributed by atoms with Gasteiger partial charge in [0.15, 0.2) is 11.6 Å². The second-order valence-corrected chi connectivity index (χ2v) is 8.95. The number of hydrogen-bond acceptors (Lipinski definition) is 5. The number of halogens is 1. The molecule has 0 spiro atoms. The van der Waals surface area contributed by atoms with Gasteiger partial charge in [0.25, 0.3) is 10.2 Å². The first-order valence-electron chi connectivity index (χ1n) is 10.1. The number of para-hydroxylation sites is 1. The average Bonchev–Trinajstić information content (AvgIpc) is 3.11. The van der Waals surface area contributed by atoms with Crippen molar-refractivity contribution >= 4 is 10.2 Å². The van der Waals surface area contributed by atoms with E-state index in [0.717, 1.165) is 5.69 Å². The molecule has 10 heteroatoms. The number of morpholine rings is 1. The number of ether oxygens (including phenoxy) is 2. The molecule has 2 heterocycles. The highest BCUT2D eigenvalue weighted by molar-refractivity contribution is 7.86. The minimum Gasteiger partial charge on any atom is -0.490 e. The van der Waals surface area contributed by atoms with Crippen molar-refractivity contribution in [2.75, 3.05) is 39.4 Å². The molecule has 1 aromatic carbocycles. The molecule has 166 valence electrons. The second-order valence-electron chi connectivity index (χ2n) is 7.02. The van der Waals surface area contributed by atoms with E-state index in [4.69, 9.17) is 9.47 Å². The summed E-state index contributed by atoms with van der Waals surface area (Å²) in [6, 6.07) is 8.17. The van der Waals surface area contributed by atoms with E-state index in [1.165, 1.54) is 14.7 Å². The highest BCUT2D eigenvalue weighted by Gasteiger charge is 2.34. The molecule has 8 nitrogen and oxygen atoms in total. The monoisotopic (exact) mass is 440 g/mol. The molecular formula is C20H29FN4O4S. The summed E-state index contributed by atoms with van der Waals surface area (Å²) in [5.41, 5.74) is 1.58. The lowest BCUT2D eigenvalue weighted by atomic mass is 10.2. The maximum Gasteiger partial charge on any atom is 0.282 e. The van der Waals surface area contributed by atoms with Gasteiger partial charge in [0.2, 0.25) is 0 Å². The molecule has 30 heavy (non-hydrogen) atoms. The van der Waals surface area contributed by atoms with Crippen LogP contribution in [0, 0.1) is 5.82 Å². The van der Waals surface area contributed by atoms with E-state index in [-0.39, 0.29) is 12.3 Å². The van der Waals surface area contributed by atoms with Gasteiger partial charge in [-0.3, -0.25) is 4.68 Å². The lowest BCUT2D eigenvalue weighted by Gasteiger charge is -2.34. The molecule has 0 amide bonds. The largest absolute Gasteiger partial charge is 0.490 e. The van der Waals surface area contributed by atoms with E-state index in [0.29, 0.717) is 45.0 Å². The van der Waals surface area contributed by atoms with Gasteiger partial charge in [-0.15, -0.1) is 0 Å². The zero-order chi connectivity index (χ0) is 21.7. The van der Waals surface area contributed by atoms with Crippen LogP contribution in [0.15, 0.2) is 30.3 Å². The molecular weight excluding hydrogens is 411 g/mol. The zero-order valence-electron chi connectivity index (χ0n) is 17.6. The molecule has 1 fully saturated rings. The fourth-order valence-corrected chi connectivity index (χ4v) is 5.08. The van der Waals surface area contributed by atoms with Crippen molar-refractivity contribution in [3.05, 3.63) is 47.5 Å². The Kier molecular flexibility index (Phi) is 7.45. The van der Waals surface area contributed by atoms with Crippen molar-refractivity contribution in [2.45, 2.75) is 26.4 Å². The molecule has 1 aliphatic rings. The van der Waals surface area contributed by atoms with Crippen LogP contribution in [0.3, 0.4) is 0 Å². The highest BCUT2D eigenvalue weighted by Crippen LogP contribution is 2.25. The summed E-state index contributed by atoms with van der Waals surface area (Å²) in [4.78, 5) is 0. The molecule has 1 atom stereocenters. The first-order chi connectivity index (χ1) is 14.4. The van der Waals surface area contributed by atoms with Gasteiger partial charge in [0.1, 0.15) is 6.10 Å². The first kappa shape index (κ1) is 22.7. The average molecular weight is 441 g/mol. The van der Waals surface area contributed by atoms with Crippen LogP contribution in [0.25, 0.3) is 0 Å². The fourth-order valence-electron chi connectivity index (χ4n) is 3.48. The van der Waals surface area contributed by atoms with Crippen molar-refractivity contribution in [3.8, 4) is 5.75 Å². The lowest BCUT2D eigenvalue weighted by molar-refractivity contribution is -0.00684. The van der Waals surface area contributed by atoms with Crippen LogP contribution in [0.5, 0.6) is 5.75 Å². The Morgan fingerprint density at radius 1 is 1.30 bits per heavy atom. The molecule has 0 aliphatic carbocycles. The van der Waals surface area contributed by atoms with Crippen molar-refractivity contribution < 1.29 is 22.3 Å². The number of hydrogen-bond donors (Lipinski definition) is 0. The summed E-state index contributed by atoms with van der Waals surface area (Å²) in [7, 11) is -1.71. The van der Waals surface area contributed by atoms with Crippen LogP contribution in [-0.4, -0.2) is 66.2 Å². The molecule has 1 unspecified atom stereocenters. The first-order valence-corrected chi connectivity index (χ1v) is 11.5. The lowest BCUT2D eigenvalue weighted by Crippen LogP contribution is -2.49. The van der Waals surface area contributed by atoms with Crippen LogP contribution in [0.1, 0.15) is 31.3 Å². The van der Waals surface area contributed by atoms with Crippen LogP contribution in [0.4, 0.5) is 4.39 Å². The fraction of sp³-hybridized carbons (Fsp3) is 0.550. The van der Waals surface area contributed by atoms with Gasteiger partial charge < -0.3 is 9.47 Å². The highest BCUT2D eigenvalue weighted by atomic mass is 32.2. The Bertz CT molecular complexity index is 946. The smallest absolute Gasteiger partial charge is 0.282 e. The summed E-state index contributed by atoms with van der Waals surface area (Å²) in [5, 5.41) is 4.51. The van der Waals surface area contributed by atoms with Crippen molar-refractivity contribution in [1.29, 1.82) is 0 Å². The van der Waals surface area contributed by atoms with Crippen LogP contribution in [-0.2, 0) is 28.4 Å². The standard InChI is InChI=1S/C20H29FN4O4S/c1-4-24(5-2)30(26,27)25-11-13-29-20(15-25)18-14-16(23(3)22-18)10-12-28-19-9-7-6-8-17(19)21/h6-9,14,20H,4-5,10-13,15H2,1-3H3. The Morgan fingerprint density at radius 2 is 2.03 bits per heavy atom. The molecule has 1 aliphatic heterocycles. The molecule has 0 saturated carbocycles. The zero-order valence-corrected chi connectivity index (χ0v) is 18.4. The predicted molar refractivity (Wildman–Crippen MR) is 111 cm³/mol. The maximum atomic E-state index is 13.7. The molecule has 0 radical (unpaired) electrons. The van der Waals surface area contributed by atoms with Gasteiger partial charge >= 0.3 is 0 Å². The van der Waals surface area contributed by atoms with Crippen LogP contribution in [0.2, 0.25) is 0 Å². The third-order valence-electron chi connectivity index (χ3n) is 5.17. The van der Waals surface area contributed by atoms with Gasteiger partial charge in [-0.25, -0.2) is 4.39 Å². The number of rotatable bonds is 9. The topological polar surface area (TPSA) is 76.9 Å². The number of benzene rings is 1. The SMILES string of the molecule is CCN(CC)S(=O)(=O)N1CCOC(c2cc(CCOc3ccccc3F)n(C)n2)C1. The molecule has 2 aromatic rings. The summed E-state index contributed by atoms with van der Waals surface area (Å²) >= 11 is 0. The third kappa shape index (κ3) is 5.00. The van der Waals surface area contributed by atoms with Gasteiger partial charge in [-0.1, -0.05) is 26.0 Å². The Morgan fingerprint density at radius 3 is 2.73 bits per heavy atom. The summed E-state index contributed by atoms with van der Waals surface area (Å²) in [6.07, 6.45) is 0.1000.